The highest BCUT2D eigenvalue weighted by Crippen LogP contribution is 2.32. The molecule has 0 aliphatic rings. The molecule has 0 spiro atoms. The van der Waals surface area contributed by atoms with E-state index in [-0.39, 0.29) is 0 Å². The fourth-order valence-corrected chi connectivity index (χ4v) is 3.01. The van der Waals surface area contributed by atoms with Gasteiger partial charge in [-0.05, 0) is 42.0 Å². The van der Waals surface area contributed by atoms with Gasteiger partial charge >= 0.3 is 0 Å². The lowest BCUT2D eigenvalue weighted by molar-refractivity contribution is 0.217. The Labute approximate surface area is 173 Å². The molecule has 0 heterocycles. The van der Waals surface area contributed by atoms with Gasteiger partial charge in [0.15, 0.2) is 0 Å². The van der Waals surface area contributed by atoms with E-state index >= 15 is 0 Å². The molecule has 3 aromatic rings. The molecule has 6 heteroatoms. The van der Waals surface area contributed by atoms with E-state index in [0.29, 0.717) is 34.8 Å². The standard InChI is InChI=1S/C21H18Cl3NO2/c22-18-12-20(24)21(13-19(18)23)25-14-15-6-8-17(9-7-15)27-11-10-26-16-4-2-1-3-5-16/h1-9,12-13,25H,10-11,14H2. The number of anilines is 1. The first kappa shape index (κ1) is 19.7. The SMILES string of the molecule is Clc1cc(Cl)c(NCc2ccc(OCCOc3ccccc3)cc2)cc1Cl. The molecule has 0 bridgehead atoms. The molecule has 3 aromatic carbocycles. The molecular weight excluding hydrogens is 405 g/mol. The van der Waals surface area contributed by atoms with E-state index in [1.165, 1.54) is 0 Å². The number of hydrogen-bond acceptors (Lipinski definition) is 3. The Hall–Kier alpha value is -2.07. The summed E-state index contributed by atoms with van der Waals surface area (Å²) in [6, 6.07) is 20.9. The molecule has 0 aromatic heterocycles. The molecule has 0 saturated heterocycles. The summed E-state index contributed by atoms with van der Waals surface area (Å²) in [5.41, 5.74) is 1.83. The van der Waals surface area contributed by atoms with Crippen molar-refractivity contribution in [3.8, 4) is 11.5 Å². The van der Waals surface area contributed by atoms with E-state index in [4.69, 9.17) is 44.3 Å². The quantitative estimate of drug-likeness (QED) is 0.323. The second kappa shape index (κ2) is 9.75. The molecule has 0 amide bonds. The predicted octanol–water partition coefficient (Wildman–Crippen LogP) is 6.72. The zero-order valence-electron chi connectivity index (χ0n) is 14.4. The maximum absolute atomic E-state index is 6.17. The molecule has 3 nitrogen and oxygen atoms in total. The first-order valence-corrected chi connectivity index (χ1v) is 9.53. The van der Waals surface area contributed by atoms with Gasteiger partial charge in [-0.25, -0.2) is 0 Å². The number of ether oxygens (including phenoxy) is 2. The van der Waals surface area contributed by atoms with Gasteiger partial charge in [-0.15, -0.1) is 0 Å². The number of nitrogens with one attached hydrogen (secondary N) is 1. The van der Waals surface area contributed by atoms with Crippen molar-refractivity contribution < 1.29 is 9.47 Å². The molecule has 0 radical (unpaired) electrons. The van der Waals surface area contributed by atoms with E-state index < -0.39 is 0 Å². The van der Waals surface area contributed by atoms with Crippen LogP contribution in [0.5, 0.6) is 11.5 Å². The van der Waals surface area contributed by atoms with Crippen molar-refractivity contribution in [2.24, 2.45) is 0 Å². The smallest absolute Gasteiger partial charge is 0.122 e. The van der Waals surface area contributed by atoms with Gasteiger partial charge in [0, 0.05) is 6.54 Å². The summed E-state index contributed by atoms with van der Waals surface area (Å²) in [5, 5.41) is 4.68. The summed E-state index contributed by atoms with van der Waals surface area (Å²) in [6.45, 7) is 1.57. The molecular formula is C21H18Cl3NO2. The highest BCUT2D eigenvalue weighted by molar-refractivity contribution is 6.44. The molecule has 0 aliphatic heterocycles. The fourth-order valence-electron chi connectivity index (χ4n) is 2.39. The van der Waals surface area contributed by atoms with Gasteiger partial charge < -0.3 is 14.8 Å². The summed E-state index contributed by atoms with van der Waals surface area (Å²) in [6.07, 6.45) is 0. The van der Waals surface area contributed by atoms with Gasteiger partial charge in [-0.1, -0.05) is 65.1 Å². The Morgan fingerprint density at radius 1 is 0.667 bits per heavy atom. The highest BCUT2D eigenvalue weighted by Gasteiger charge is 2.06. The predicted molar refractivity (Wildman–Crippen MR) is 113 cm³/mol. The van der Waals surface area contributed by atoms with Crippen LogP contribution >= 0.6 is 34.8 Å². The first-order valence-electron chi connectivity index (χ1n) is 8.40. The summed E-state index contributed by atoms with van der Waals surface area (Å²) in [5.74, 6) is 1.63. The second-order valence-corrected chi connectivity index (χ2v) is 6.98. The lowest BCUT2D eigenvalue weighted by Crippen LogP contribution is -2.09. The Balaban J connectivity index is 1.45. The number of benzene rings is 3. The van der Waals surface area contributed by atoms with E-state index in [2.05, 4.69) is 5.32 Å². The Bertz CT molecular complexity index is 871. The van der Waals surface area contributed by atoms with Crippen molar-refractivity contribution >= 4 is 40.5 Å². The van der Waals surface area contributed by atoms with Crippen LogP contribution in [0.4, 0.5) is 5.69 Å². The fraction of sp³-hybridized carbons (Fsp3) is 0.143. The summed E-state index contributed by atoms with van der Waals surface area (Å²) in [4.78, 5) is 0. The minimum absolute atomic E-state index is 0.435. The van der Waals surface area contributed by atoms with E-state index in [1.54, 1.807) is 12.1 Å². The Morgan fingerprint density at radius 3 is 1.93 bits per heavy atom. The molecule has 0 aliphatic carbocycles. The average Bonchev–Trinajstić information content (AvgIpc) is 2.69. The number of rotatable bonds is 8. The van der Waals surface area contributed by atoms with Crippen LogP contribution in [-0.2, 0) is 6.54 Å². The lowest BCUT2D eigenvalue weighted by Gasteiger charge is -2.11. The third-order valence-corrected chi connectivity index (χ3v) is 4.82. The molecule has 0 fully saturated rings. The molecule has 0 saturated carbocycles. The third kappa shape index (κ3) is 5.96. The molecule has 1 N–H and O–H groups in total. The van der Waals surface area contributed by atoms with E-state index in [9.17, 15) is 0 Å². The van der Waals surface area contributed by atoms with Crippen LogP contribution in [0.25, 0.3) is 0 Å². The monoisotopic (exact) mass is 421 g/mol. The van der Waals surface area contributed by atoms with Crippen LogP contribution in [0.3, 0.4) is 0 Å². The van der Waals surface area contributed by atoms with Crippen LogP contribution in [0.2, 0.25) is 15.1 Å². The highest BCUT2D eigenvalue weighted by atomic mass is 35.5. The van der Waals surface area contributed by atoms with Crippen molar-refractivity contribution in [2.45, 2.75) is 6.54 Å². The van der Waals surface area contributed by atoms with Gasteiger partial charge in [0.25, 0.3) is 0 Å². The van der Waals surface area contributed by atoms with Gasteiger partial charge in [0.1, 0.15) is 24.7 Å². The minimum Gasteiger partial charge on any atom is -0.490 e. The van der Waals surface area contributed by atoms with Crippen molar-refractivity contribution in [3.63, 3.8) is 0 Å². The van der Waals surface area contributed by atoms with Crippen LogP contribution < -0.4 is 14.8 Å². The van der Waals surface area contributed by atoms with Crippen LogP contribution in [0.1, 0.15) is 5.56 Å². The molecule has 0 atom stereocenters. The van der Waals surface area contributed by atoms with E-state index in [0.717, 1.165) is 22.7 Å². The van der Waals surface area contributed by atoms with Gasteiger partial charge in [-0.2, -0.15) is 0 Å². The Kier molecular flexibility index (Phi) is 7.11. The van der Waals surface area contributed by atoms with Crippen molar-refractivity contribution in [3.05, 3.63) is 87.4 Å². The zero-order valence-corrected chi connectivity index (χ0v) is 16.7. The minimum atomic E-state index is 0.435. The van der Waals surface area contributed by atoms with Gasteiger partial charge in [0.2, 0.25) is 0 Å². The van der Waals surface area contributed by atoms with Gasteiger partial charge in [-0.3, -0.25) is 0 Å². The summed E-state index contributed by atoms with van der Waals surface area (Å²) < 4.78 is 11.3. The lowest BCUT2D eigenvalue weighted by atomic mass is 10.2. The summed E-state index contributed by atoms with van der Waals surface area (Å²) in [7, 11) is 0. The van der Waals surface area contributed by atoms with Crippen molar-refractivity contribution in [1.82, 2.24) is 0 Å². The topological polar surface area (TPSA) is 30.5 Å². The van der Waals surface area contributed by atoms with Crippen LogP contribution in [-0.4, -0.2) is 13.2 Å². The van der Waals surface area contributed by atoms with Crippen LogP contribution in [0, 0.1) is 0 Å². The maximum atomic E-state index is 6.17. The van der Waals surface area contributed by atoms with Crippen LogP contribution in [0.15, 0.2) is 66.7 Å². The summed E-state index contributed by atoms with van der Waals surface area (Å²) >= 11 is 18.1. The first-order chi connectivity index (χ1) is 13.1. The zero-order chi connectivity index (χ0) is 19.1. The number of halogens is 3. The third-order valence-electron chi connectivity index (χ3n) is 3.78. The number of hydrogen-bond donors (Lipinski definition) is 1. The van der Waals surface area contributed by atoms with Crippen molar-refractivity contribution in [1.29, 1.82) is 0 Å². The normalized spacial score (nSPS) is 10.5. The average molecular weight is 423 g/mol. The largest absolute Gasteiger partial charge is 0.490 e. The molecule has 27 heavy (non-hydrogen) atoms. The molecule has 0 unspecified atom stereocenters. The maximum Gasteiger partial charge on any atom is 0.122 e. The van der Waals surface area contributed by atoms with E-state index in [1.807, 2.05) is 54.6 Å². The molecule has 140 valence electrons. The Morgan fingerprint density at radius 2 is 1.26 bits per heavy atom. The number of para-hydroxylation sites is 1. The molecule has 3 rings (SSSR count). The second-order valence-electron chi connectivity index (χ2n) is 5.75. The van der Waals surface area contributed by atoms with Crippen molar-refractivity contribution in [2.75, 3.05) is 18.5 Å². The van der Waals surface area contributed by atoms with Gasteiger partial charge in [0.05, 0.1) is 20.8 Å².